The largest absolute Gasteiger partial charge is 0.324 e. The molecule has 4 heteroatoms. The van der Waals surface area contributed by atoms with Crippen molar-refractivity contribution in [3.63, 3.8) is 0 Å². The van der Waals surface area contributed by atoms with E-state index < -0.39 is 0 Å². The number of halogens is 2. The standard InChI is InChI=1S/C12H18ClFN2/c1-12(2,15)8-16(3)7-9-4-5-11(14)10(13)6-9/h4-6H,7-8,15H2,1-3H3. The molecule has 0 aliphatic rings. The van der Waals surface area contributed by atoms with Gasteiger partial charge in [-0.25, -0.2) is 4.39 Å². The minimum Gasteiger partial charge on any atom is -0.324 e. The van der Waals surface area contributed by atoms with Crippen LogP contribution in [0.25, 0.3) is 0 Å². The highest BCUT2D eigenvalue weighted by atomic mass is 35.5. The molecule has 16 heavy (non-hydrogen) atoms. The Bertz CT molecular complexity index is 361. The number of likely N-dealkylation sites (N-methyl/N-ethyl adjacent to an activating group) is 1. The van der Waals surface area contributed by atoms with Gasteiger partial charge in [-0.3, -0.25) is 0 Å². The molecule has 2 N–H and O–H groups in total. The van der Waals surface area contributed by atoms with Crippen molar-refractivity contribution in [2.75, 3.05) is 13.6 Å². The molecule has 0 aliphatic carbocycles. The van der Waals surface area contributed by atoms with Crippen LogP contribution in [0.2, 0.25) is 5.02 Å². The average molecular weight is 245 g/mol. The van der Waals surface area contributed by atoms with Crippen molar-refractivity contribution in [3.8, 4) is 0 Å². The van der Waals surface area contributed by atoms with E-state index in [-0.39, 0.29) is 16.4 Å². The maximum absolute atomic E-state index is 12.9. The normalized spacial score (nSPS) is 12.2. The van der Waals surface area contributed by atoms with E-state index in [2.05, 4.69) is 4.90 Å². The van der Waals surface area contributed by atoms with E-state index >= 15 is 0 Å². The highest BCUT2D eigenvalue weighted by Crippen LogP contribution is 2.17. The lowest BCUT2D eigenvalue weighted by molar-refractivity contribution is 0.263. The summed E-state index contributed by atoms with van der Waals surface area (Å²) in [6.45, 7) is 5.42. The Morgan fingerprint density at radius 2 is 2.06 bits per heavy atom. The van der Waals surface area contributed by atoms with Crippen LogP contribution in [0, 0.1) is 5.82 Å². The molecule has 0 aliphatic heterocycles. The van der Waals surface area contributed by atoms with E-state index in [0.29, 0.717) is 6.54 Å². The second-order valence-electron chi connectivity index (χ2n) is 4.91. The Morgan fingerprint density at radius 3 is 2.56 bits per heavy atom. The van der Waals surface area contributed by atoms with Gasteiger partial charge >= 0.3 is 0 Å². The third-order valence-corrected chi connectivity index (χ3v) is 2.40. The summed E-state index contributed by atoms with van der Waals surface area (Å²) in [5.74, 6) is -0.382. The molecular weight excluding hydrogens is 227 g/mol. The molecule has 0 radical (unpaired) electrons. The monoisotopic (exact) mass is 244 g/mol. The second-order valence-corrected chi connectivity index (χ2v) is 5.32. The minimum atomic E-state index is -0.382. The number of hydrogen-bond donors (Lipinski definition) is 1. The third-order valence-electron chi connectivity index (χ3n) is 2.11. The lowest BCUT2D eigenvalue weighted by Crippen LogP contribution is -2.43. The summed E-state index contributed by atoms with van der Waals surface area (Å²) >= 11 is 5.71. The van der Waals surface area contributed by atoms with Crippen molar-refractivity contribution in [2.24, 2.45) is 5.73 Å². The quantitative estimate of drug-likeness (QED) is 0.882. The molecule has 2 nitrogen and oxygen atoms in total. The van der Waals surface area contributed by atoms with Gasteiger partial charge in [0, 0.05) is 18.6 Å². The number of benzene rings is 1. The number of rotatable bonds is 4. The predicted molar refractivity (Wildman–Crippen MR) is 66.0 cm³/mol. The van der Waals surface area contributed by atoms with Gasteiger partial charge in [-0.2, -0.15) is 0 Å². The van der Waals surface area contributed by atoms with Gasteiger partial charge in [0.2, 0.25) is 0 Å². The first kappa shape index (κ1) is 13.4. The molecule has 0 spiro atoms. The molecule has 0 saturated carbocycles. The summed E-state index contributed by atoms with van der Waals surface area (Å²) in [5, 5.41) is 0.165. The van der Waals surface area contributed by atoms with E-state index in [1.165, 1.54) is 6.07 Å². The highest BCUT2D eigenvalue weighted by Gasteiger charge is 2.14. The molecule has 0 unspecified atom stereocenters. The van der Waals surface area contributed by atoms with Crippen LogP contribution in [0.1, 0.15) is 19.4 Å². The molecule has 1 aromatic carbocycles. The van der Waals surface area contributed by atoms with Crippen molar-refractivity contribution >= 4 is 11.6 Å². The summed E-state index contributed by atoms with van der Waals surface area (Å²) in [4.78, 5) is 2.09. The number of hydrogen-bond acceptors (Lipinski definition) is 2. The predicted octanol–water partition coefficient (Wildman–Crippen LogP) is 2.65. The van der Waals surface area contributed by atoms with Crippen molar-refractivity contribution in [3.05, 3.63) is 34.6 Å². The first-order valence-electron chi connectivity index (χ1n) is 5.19. The lowest BCUT2D eigenvalue weighted by atomic mass is 10.1. The molecule has 1 rings (SSSR count). The van der Waals surface area contributed by atoms with Gasteiger partial charge in [0.05, 0.1) is 5.02 Å². The van der Waals surface area contributed by atoms with Gasteiger partial charge in [0.1, 0.15) is 5.82 Å². The molecule has 0 bridgehead atoms. The topological polar surface area (TPSA) is 29.3 Å². The van der Waals surface area contributed by atoms with E-state index in [1.807, 2.05) is 20.9 Å². The van der Waals surface area contributed by atoms with Crippen LogP contribution >= 0.6 is 11.6 Å². The summed E-state index contributed by atoms with van der Waals surface area (Å²) in [6.07, 6.45) is 0. The van der Waals surface area contributed by atoms with Gasteiger partial charge in [-0.1, -0.05) is 17.7 Å². The Hall–Kier alpha value is -0.640. The fourth-order valence-electron chi connectivity index (χ4n) is 1.70. The van der Waals surface area contributed by atoms with Crippen molar-refractivity contribution in [1.29, 1.82) is 0 Å². The maximum Gasteiger partial charge on any atom is 0.141 e. The average Bonchev–Trinajstić information content (AvgIpc) is 2.08. The summed E-state index contributed by atoms with van der Waals surface area (Å²) in [7, 11) is 1.98. The maximum atomic E-state index is 12.9. The molecule has 0 fully saturated rings. The molecular formula is C12H18ClFN2. The number of nitrogens with two attached hydrogens (primary N) is 1. The van der Waals surface area contributed by atoms with Gasteiger partial charge < -0.3 is 10.6 Å². The van der Waals surface area contributed by atoms with Crippen LogP contribution in [-0.4, -0.2) is 24.0 Å². The van der Waals surface area contributed by atoms with Gasteiger partial charge in [-0.15, -0.1) is 0 Å². The van der Waals surface area contributed by atoms with Gasteiger partial charge in [0.15, 0.2) is 0 Å². The number of nitrogens with zero attached hydrogens (tertiary/aromatic N) is 1. The summed E-state index contributed by atoms with van der Waals surface area (Å²) in [5.41, 5.74) is 6.66. The summed E-state index contributed by atoms with van der Waals surface area (Å²) < 4.78 is 12.9. The van der Waals surface area contributed by atoms with E-state index in [0.717, 1.165) is 12.1 Å². The Morgan fingerprint density at radius 1 is 1.44 bits per heavy atom. The van der Waals surface area contributed by atoms with Crippen LogP contribution in [-0.2, 0) is 6.54 Å². The van der Waals surface area contributed by atoms with E-state index in [1.54, 1.807) is 12.1 Å². The molecule has 0 heterocycles. The smallest absolute Gasteiger partial charge is 0.141 e. The van der Waals surface area contributed by atoms with Crippen LogP contribution < -0.4 is 5.73 Å². The Labute approximate surface area is 101 Å². The van der Waals surface area contributed by atoms with Crippen LogP contribution in [0.15, 0.2) is 18.2 Å². The zero-order valence-corrected chi connectivity index (χ0v) is 10.7. The molecule has 0 aromatic heterocycles. The molecule has 0 atom stereocenters. The summed E-state index contributed by atoms with van der Waals surface area (Å²) in [6, 6.07) is 4.78. The highest BCUT2D eigenvalue weighted by molar-refractivity contribution is 6.30. The zero-order chi connectivity index (χ0) is 12.3. The van der Waals surface area contributed by atoms with E-state index in [9.17, 15) is 4.39 Å². The van der Waals surface area contributed by atoms with Gasteiger partial charge in [-0.05, 0) is 38.6 Å². The molecule has 90 valence electrons. The minimum absolute atomic E-state index is 0.165. The third kappa shape index (κ3) is 4.47. The zero-order valence-electron chi connectivity index (χ0n) is 9.93. The van der Waals surface area contributed by atoms with Crippen molar-refractivity contribution < 1.29 is 4.39 Å². The second kappa shape index (κ2) is 5.13. The SMILES string of the molecule is CN(Cc1ccc(F)c(Cl)c1)CC(C)(C)N. The molecule has 1 aromatic rings. The van der Waals surface area contributed by atoms with Gasteiger partial charge in [0.25, 0.3) is 0 Å². The first-order valence-corrected chi connectivity index (χ1v) is 5.57. The lowest BCUT2D eigenvalue weighted by Gasteiger charge is -2.26. The Balaban J connectivity index is 2.63. The fraction of sp³-hybridized carbons (Fsp3) is 0.500. The van der Waals surface area contributed by atoms with Crippen molar-refractivity contribution in [2.45, 2.75) is 25.9 Å². The van der Waals surface area contributed by atoms with Crippen molar-refractivity contribution in [1.82, 2.24) is 4.90 Å². The molecule has 0 saturated heterocycles. The van der Waals surface area contributed by atoms with Crippen LogP contribution in [0.3, 0.4) is 0 Å². The van der Waals surface area contributed by atoms with E-state index in [4.69, 9.17) is 17.3 Å². The molecule has 0 amide bonds. The Kier molecular flexibility index (Phi) is 4.30. The van der Waals surface area contributed by atoms with Crippen LogP contribution in [0.4, 0.5) is 4.39 Å². The fourth-order valence-corrected chi connectivity index (χ4v) is 1.90. The van der Waals surface area contributed by atoms with Crippen LogP contribution in [0.5, 0.6) is 0 Å². The first-order chi connectivity index (χ1) is 7.28.